The third-order valence-corrected chi connectivity index (χ3v) is 4.93. The zero-order chi connectivity index (χ0) is 14.8. The van der Waals surface area contributed by atoms with Crippen LogP contribution in [-0.2, 0) is 14.3 Å². The Morgan fingerprint density at radius 3 is 2.14 bits per heavy atom. The van der Waals surface area contributed by atoms with E-state index in [1.165, 1.54) is 0 Å². The number of hydrogen-bond donors (Lipinski definition) is 1. The summed E-state index contributed by atoms with van der Waals surface area (Å²) in [5.74, 6) is 0.426. The third-order valence-electron chi connectivity index (χ3n) is 4.93. The summed E-state index contributed by atoms with van der Waals surface area (Å²) in [6.07, 6.45) is 4.23. The molecule has 2 saturated heterocycles. The van der Waals surface area contributed by atoms with Crippen LogP contribution in [0.2, 0.25) is 0 Å². The van der Waals surface area contributed by atoms with Gasteiger partial charge in [0.2, 0.25) is 5.91 Å². The Hall–Kier alpha value is -1.14. The van der Waals surface area contributed by atoms with E-state index in [1.54, 1.807) is 0 Å². The molecule has 0 aromatic rings. The van der Waals surface area contributed by atoms with Gasteiger partial charge in [-0.3, -0.25) is 9.59 Å². The molecule has 6 nitrogen and oxygen atoms in total. The Morgan fingerprint density at radius 2 is 1.62 bits per heavy atom. The summed E-state index contributed by atoms with van der Waals surface area (Å²) in [7, 11) is 0. The molecule has 2 heterocycles. The summed E-state index contributed by atoms with van der Waals surface area (Å²) in [5.41, 5.74) is 5.89. The second kappa shape index (κ2) is 6.32. The highest BCUT2D eigenvalue weighted by molar-refractivity contribution is 5.82. The molecule has 2 amide bonds. The van der Waals surface area contributed by atoms with Crippen LogP contribution in [0.4, 0.5) is 0 Å². The number of nitrogens with two attached hydrogens (primary N) is 1. The minimum atomic E-state index is -0.250. The molecule has 3 unspecified atom stereocenters. The molecule has 0 bridgehead atoms. The van der Waals surface area contributed by atoms with Crippen molar-refractivity contribution < 1.29 is 14.3 Å². The first-order valence-corrected chi connectivity index (χ1v) is 8.10. The number of rotatable bonds is 2. The first-order valence-electron chi connectivity index (χ1n) is 8.10. The second-order valence-corrected chi connectivity index (χ2v) is 6.42. The highest BCUT2D eigenvalue weighted by atomic mass is 16.5. The van der Waals surface area contributed by atoms with Crippen LogP contribution in [0, 0.1) is 5.92 Å². The van der Waals surface area contributed by atoms with Crippen molar-refractivity contribution in [3.05, 3.63) is 0 Å². The van der Waals surface area contributed by atoms with Crippen LogP contribution < -0.4 is 5.73 Å². The van der Waals surface area contributed by atoms with E-state index in [0.717, 1.165) is 32.1 Å². The molecule has 2 N–H and O–H groups in total. The highest BCUT2D eigenvalue weighted by Gasteiger charge is 2.35. The van der Waals surface area contributed by atoms with Gasteiger partial charge in [0.05, 0.1) is 0 Å². The maximum absolute atomic E-state index is 12.4. The summed E-state index contributed by atoms with van der Waals surface area (Å²) in [6.45, 7) is 3.23. The van der Waals surface area contributed by atoms with Crippen LogP contribution in [0.15, 0.2) is 0 Å². The van der Waals surface area contributed by atoms with Crippen molar-refractivity contribution in [3.63, 3.8) is 0 Å². The van der Waals surface area contributed by atoms with Crippen molar-refractivity contribution in [1.82, 2.24) is 9.80 Å². The third kappa shape index (κ3) is 3.21. The first-order chi connectivity index (χ1) is 10.1. The summed E-state index contributed by atoms with van der Waals surface area (Å²) < 4.78 is 5.45. The van der Waals surface area contributed by atoms with Crippen molar-refractivity contribution >= 4 is 11.8 Å². The Labute approximate surface area is 125 Å². The predicted octanol–water partition coefficient (Wildman–Crippen LogP) is -0.0364. The van der Waals surface area contributed by atoms with Crippen LogP contribution in [0.25, 0.3) is 0 Å². The van der Waals surface area contributed by atoms with Gasteiger partial charge in [-0.25, -0.2) is 0 Å². The van der Waals surface area contributed by atoms with E-state index in [2.05, 4.69) is 0 Å². The van der Waals surface area contributed by atoms with Gasteiger partial charge in [0.1, 0.15) is 6.10 Å². The first kappa shape index (κ1) is 14.8. The van der Waals surface area contributed by atoms with Crippen LogP contribution in [0.3, 0.4) is 0 Å². The van der Waals surface area contributed by atoms with Crippen LogP contribution in [-0.4, -0.2) is 66.5 Å². The fourth-order valence-electron chi connectivity index (χ4n) is 3.62. The monoisotopic (exact) mass is 295 g/mol. The summed E-state index contributed by atoms with van der Waals surface area (Å²) >= 11 is 0. The molecular formula is C15H25N3O3. The van der Waals surface area contributed by atoms with Crippen molar-refractivity contribution in [1.29, 1.82) is 0 Å². The molecule has 118 valence electrons. The molecule has 0 spiro atoms. The van der Waals surface area contributed by atoms with E-state index in [0.29, 0.717) is 32.8 Å². The maximum atomic E-state index is 12.4. The molecule has 2 aliphatic heterocycles. The molecule has 3 atom stereocenters. The van der Waals surface area contributed by atoms with Crippen molar-refractivity contribution in [2.75, 3.05) is 32.8 Å². The zero-order valence-corrected chi connectivity index (χ0v) is 12.5. The van der Waals surface area contributed by atoms with Crippen molar-refractivity contribution in [2.45, 2.75) is 44.2 Å². The number of ether oxygens (including phenoxy) is 1. The molecule has 0 aromatic heterocycles. The van der Waals surface area contributed by atoms with Gasteiger partial charge in [0.25, 0.3) is 5.91 Å². The molecule has 3 fully saturated rings. The number of nitrogens with zero attached hydrogens (tertiary/aromatic N) is 2. The standard InChI is InChI=1S/C15H25N3O3/c16-12-4-3-11(10-12)14(19)17-5-7-18(8-6-17)15(20)13-2-1-9-21-13/h11-13H,1-10,16H2. The van der Waals surface area contributed by atoms with Gasteiger partial charge in [0, 0.05) is 44.7 Å². The van der Waals surface area contributed by atoms with E-state index in [9.17, 15) is 9.59 Å². The SMILES string of the molecule is NC1CCC(C(=O)N2CCN(C(=O)C3CCCO3)CC2)C1. The van der Waals surface area contributed by atoms with Crippen LogP contribution >= 0.6 is 0 Å². The number of carbonyl (C=O) groups is 2. The average molecular weight is 295 g/mol. The Balaban J connectivity index is 1.48. The fraction of sp³-hybridized carbons (Fsp3) is 0.867. The Morgan fingerprint density at radius 1 is 0.952 bits per heavy atom. The van der Waals surface area contributed by atoms with Gasteiger partial charge < -0.3 is 20.3 Å². The van der Waals surface area contributed by atoms with E-state index >= 15 is 0 Å². The lowest BCUT2D eigenvalue weighted by atomic mass is 10.1. The minimum Gasteiger partial charge on any atom is -0.368 e. The van der Waals surface area contributed by atoms with E-state index in [1.807, 2.05) is 9.80 Å². The fourth-order valence-corrected chi connectivity index (χ4v) is 3.62. The van der Waals surface area contributed by atoms with Gasteiger partial charge in [0.15, 0.2) is 0 Å². The summed E-state index contributed by atoms with van der Waals surface area (Å²) in [5, 5.41) is 0. The number of piperazine rings is 1. The van der Waals surface area contributed by atoms with Crippen molar-refractivity contribution in [2.24, 2.45) is 11.7 Å². The topological polar surface area (TPSA) is 75.9 Å². The molecular weight excluding hydrogens is 270 g/mol. The van der Waals surface area contributed by atoms with Gasteiger partial charge in [-0.2, -0.15) is 0 Å². The molecule has 0 aromatic carbocycles. The predicted molar refractivity (Wildman–Crippen MR) is 77.5 cm³/mol. The summed E-state index contributed by atoms with van der Waals surface area (Å²) in [6, 6.07) is 0.182. The van der Waals surface area contributed by atoms with Gasteiger partial charge in [-0.15, -0.1) is 0 Å². The van der Waals surface area contributed by atoms with Crippen LogP contribution in [0.1, 0.15) is 32.1 Å². The average Bonchev–Trinajstić information content (AvgIpc) is 3.17. The van der Waals surface area contributed by atoms with E-state index in [-0.39, 0.29) is 29.9 Å². The summed E-state index contributed by atoms with van der Waals surface area (Å²) in [4.78, 5) is 28.4. The normalized spacial score (nSPS) is 33.5. The number of carbonyl (C=O) groups excluding carboxylic acids is 2. The van der Waals surface area contributed by atoms with Gasteiger partial charge >= 0.3 is 0 Å². The Kier molecular flexibility index (Phi) is 4.45. The molecule has 6 heteroatoms. The maximum Gasteiger partial charge on any atom is 0.251 e. The smallest absolute Gasteiger partial charge is 0.251 e. The molecule has 3 rings (SSSR count). The molecule has 21 heavy (non-hydrogen) atoms. The highest BCUT2D eigenvalue weighted by Crippen LogP contribution is 2.26. The van der Waals surface area contributed by atoms with Gasteiger partial charge in [-0.05, 0) is 32.1 Å². The largest absolute Gasteiger partial charge is 0.368 e. The number of amides is 2. The minimum absolute atomic E-state index is 0.0976. The lowest BCUT2D eigenvalue weighted by Gasteiger charge is -2.36. The number of hydrogen-bond acceptors (Lipinski definition) is 4. The second-order valence-electron chi connectivity index (χ2n) is 6.42. The quantitative estimate of drug-likeness (QED) is 0.776. The van der Waals surface area contributed by atoms with Gasteiger partial charge in [-0.1, -0.05) is 0 Å². The molecule has 0 radical (unpaired) electrons. The zero-order valence-electron chi connectivity index (χ0n) is 12.5. The van der Waals surface area contributed by atoms with Crippen molar-refractivity contribution in [3.8, 4) is 0 Å². The lowest BCUT2D eigenvalue weighted by Crippen LogP contribution is -2.53. The van der Waals surface area contributed by atoms with Crippen LogP contribution in [0.5, 0.6) is 0 Å². The Bertz CT molecular complexity index is 401. The van der Waals surface area contributed by atoms with E-state index in [4.69, 9.17) is 10.5 Å². The molecule has 3 aliphatic rings. The lowest BCUT2D eigenvalue weighted by molar-refractivity contribution is -0.147. The van der Waals surface area contributed by atoms with E-state index < -0.39 is 0 Å². The molecule has 1 aliphatic carbocycles. The molecule has 1 saturated carbocycles.